The first-order valence-corrected chi connectivity index (χ1v) is 44.9. The highest BCUT2D eigenvalue weighted by Gasteiger charge is 2.67. The van der Waals surface area contributed by atoms with Crippen LogP contribution in [0.2, 0.25) is 0 Å². The topological polar surface area (TPSA) is 447 Å². The lowest BCUT2D eigenvalue weighted by molar-refractivity contribution is -0.279. The minimum atomic E-state index is -1.47. The van der Waals surface area contributed by atoms with Crippen LogP contribution in [0.5, 0.6) is 0 Å². The summed E-state index contributed by atoms with van der Waals surface area (Å²) in [4.78, 5) is 60.7. The number of amides is 4. The van der Waals surface area contributed by atoms with Gasteiger partial charge in [0, 0.05) is 36.6 Å². The predicted molar refractivity (Wildman–Crippen MR) is 449 cm³/mol. The molecule has 12 atom stereocenters. The average molecular weight is 1810 g/mol. The summed E-state index contributed by atoms with van der Waals surface area (Å²) in [6.45, 7) is 24.2. The molecule has 4 unspecified atom stereocenters. The van der Waals surface area contributed by atoms with Crippen LogP contribution in [0.3, 0.4) is 0 Å². The Hall–Kier alpha value is -4.69. The van der Waals surface area contributed by atoms with E-state index in [1.807, 2.05) is 6.07 Å². The number of aliphatic hydroxyl groups excluding tert-OH is 3. The zero-order valence-electron chi connectivity index (χ0n) is 74.4. The van der Waals surface area contributed by atoms with Gasteiger partial charge in [-0.25, -0.2) is 4.79 Å². The zero-order chi connectivity index (χ0) is 89.5. The maximum atomic E-state index is 13.2. The summed E-state index contributed by atoms with van der Waals surface area (Å²) in [6.07, 6.45) is 6.81. The summed E-state index contributed by atoms with van der Waals surface area (Å²) in [5, 5.41) is 50.2. The molecule has 39 nitrogen and oxygen atoms in total. The third kappa shape index (κ3) is 42.5. The molecular formula is C87H147N3O36. The van der Waals surface area contributed by atoms with E-state index in [1.54, 1.807) is 6.26 Å². The smallest absolute Gasteiger partial charge is 0.335 e. The van der Waals surface area contributed by atoms with Crippen molar-refractivity contribution >= 4 is 23.6 Å². The molecule has 4 fully saturated rings. The van der Waals surface area contributed by atoms with Crippen LogP contribution < -0.4 is 16.3 Å². The molecule has 1 saturated heterocycles. The molecule has 6 N–H and O–H groups in total. The Labute approximate surface area is 741 Å². The van der Waals surface area contributed by atoms with E-state index in [0.29, 0.717) is 310 Å². The first kappa shape index (κ1) is 108. The number of ether oxygens (including phenoxy) is 26. The second-order valence-electron chi connectivity index (χ2n) is 31.1. The van der Waals surface area contributed by atoms with Crippen molar-refractivity contribution in [3.05, 3.63) is 58.2 Å². The van der Waals surface area contributed by atoms with Crippen LogP contribution in [0.4, 0.5) is 0 Å². The van der Waals surface area contributed by atoms with Gasteiger partial charge in [0.05, 0.1) is 342 Å². The number of rotatable bonds is 82. The molecule has 6 aliphatic rings. The second kappa shape index (κ2) is 67.5. The van der Waals surface area contributed by atoms with Gasteiger partial charge in [-0.3, -0.25) is 24.1 Å². The molecule has 0 radical (unpaired) electrons. The van der Waals surface area contributed by atoms with Crippen molar-refractivity contribution in [2.75, 3.05) is 337 Å². The van der Waals surface area contributed by atoms with Crippen molar-refractivity contribution in [3.63, 3.8) is 0 Å². The predicted octanol–water partition coefficient (Wildman–Crippen LogP) is 0.940. The van der Waals surface area contributed by atoms with E-state index in [2.05, 4.69) is 30.6 Å². The van der Waals surface area contributed by atoms with Crippen molar-refractivity contribution in [3.8, 4) is 0 Å². The molecule has 3 heterocycles. The standard InChI is InChI=1S/C87H147N3O36/c1-85-13-9-71(65-70(85)4-5-74-73(85)10-14-86(2)72(11-15-87(74,86)99)69-3-8-80(96)124-68-69)125-84-81(83(98)82(97)75(67-91)126-84)89-76(92)12-17-100-19-21-102-23-25-104-27-29-106-31-33-108-35-37-110-39-41-112-43-45-114-47-49-116-51-53-118-55-57-120-59-61-122-63-64-123-62-60-121-58-56-119-54-52-117-50-48-115-46-44-113-42-40-111-38-36-109-34-32-107-30-28-105-26-24-103-22-20-101-18-16-88-77(93)66-90-78(94)6-7-79(90)95/h3,6-8,65,68,71-75,81-84,91,97-99H,4-5,9-64,66-67H2,1-2H3,(H,88,93)(H,89,92)/t71-,72+,73?,74?,75?,81-,82+,83?,84+,85-,86+,87-/m0/s1. The lowest BCUT2D eigenvalue weighted by atomic mass is 9.45. The van der Waals surface area contributed by atoms with Crippen LogP contribution in [-0.2, 0) is 142 Å². The summed E-state index contributed by atoms with van der Waals surface area (Å²) in [5.74, 6) is -1.38. The Kier molecular flexibility index (Phi) is 58.0. The highest BCUT2D eigenvalue weighted by atomic mass is 16.7. The molecule has 126 heavy (non-hydrogen) atoms. The van der Waals surface area contributed by atoms with Gasteiger partial charge in [0.2, 0.25) is 11.8 Å². The van der Waals surface area contributed by atoms with Crippen molar-refractivity contribution in [2.45, 2.75) is 120 Å². The Morgan fingerprint density at radius 3 is 1.13 bits per heavy atom. The maximum absolute atomic E-state index is 13.2. The van der Waals surface area contributed by atoms with Crippen molar-refractivity contribution in [1.29, 1.82) is 0 Å². The van der Waals surface area contributed by atoms with E-state index in [-0.39, 0.29) is 73.5 Å². The van der Waals surface area contributed by atoms with Crippen LogP contribution in [0.1, 0.15) is 83.1 Å². The van der Waals surface area contributed by atoms with E-state index in [1.165, 1.54) is 11.6 Å². The molecule has 0 aromatic carbocycles. The van der Waals surface area contributed by atoms with Gasteiger partial charge in [-0.15, -0.1) is 0 Å². The molecule has 7 rings (SSSR count). The first-order chi connectivity index (χ1) is 61.7. The molecule has 1 aromatic heterocycles. The second-order valence-corrected chi connectivity index (χ2v) is 31.1. The Morgan fingerprint density at radius 2 is 0.786 bits per heavy atom. The third-order valence-electron chi connectivity index (χ3n) is 22.7. The highest BCUT2D eigenvalue weighted by Crippen LogP contribution is 2.70. The number of nitrogens with zero attached hydrogens (tertiary/aromatic N) is 1. The number of nitrogens with one attached hydrogen (secondary N) is 2. The van der Waals surface area contributed by atoms with E-state index >= 15 is 0 Å². The molecule has 0 bridgehead atoms. The van der Waals surface area contributed by atoms with Crippen LogP contribution in [0.25, 0.3) is 0 Å². The molecule has 4 amide bonds. The fourth-order valence-corrected chi connectivity index (χ4v) is 16.0. The number of carbonyl (C=O) groups excluding carboxylic acids is 4. The number of carbonyl (C=O) groups is 4. The first-order valence-electron chi connectivity index (χ1n) is 44.9. The molecule has 1 aromatic rings. The van der Waals surface area contributed by atoms with E-state index in [9.17, 15) is 44.4 Å². The van der Waals surface area contributed by atoms with E-state index in [0.717, 1.165) is 61.1 Å². The minimum Gasteiger partial charge on any atom is -0.431 e. The third-order valence-corrected chi connectivity index (χ3v) is 22.7. The number of imide groups is 1. The zero-order valence-corrected chi connectivity index (χ0v) is 74.4. The van der Waals surface area contributed by atoms with Crippen LogP contribution in [0.15, 0.2) is 51.4 Å². The molecule has 2 aliphatic heterocycles. The molecular weight excluding hydrogens is 1660 g/mol. The number of hydrogen-bond donors (Lipinski definition) is 6. The summed E-state index contributed by atoms with van der Waals surface area (Å²) in [7, 11) is 0. The number of fused-ring (bicyclic) bond motifs is 5. The molecule has 3 saturated carbocycles. The van der Waals surface area contributed by atoms with Crippen molar-refractivity contribution in [2.24, 2.45) is 22.7 Å². The monoisotopic (exact) mass is 1810 g/mol. The molecule has 4 aliphatic carbocycles. The van der Waals surface area contributed by atoms with Gasteiger partial charge in [0.25, 0.3) is 11.8 Å². The van der Waals surface area contributed by atoms with Crippen molar-refractivity contribution < 1.29 is 167 Å². The number of aliphatic hydroxyl groups is 4. The Morgan fingerprint density at radius 1 is 0.429 bits per heavy atom. The van der Waals surface area contributed by atoms with Gasteiger partial charge >= 0.3 is 5.63 Å². The van der Waals surface area contributed by atoms with Crippen molar-refractivity contribution in [1.82, 2.24) is 15.5 Å². The SMILES string of the molecule is C[C@]12CC[C@H](O[C@@H]3OC(CO)[C@@H](O)C(O)[C@@H]3NC(=O)CCOCCOCCOCCOCCOCCOCCOCCOCCOCCOCCOCCOCCOCCOCCOCCOCCOCCOCCOCCOCCOCCOCCOCCOCCNC(=O)CN3C(=O)C=CC3=O)C=C1CCC1C2CC[C@]2(C)[C@@H](c3ccc(=O)oc3)CC[C@]12O. The summed E-state index contributed by atoms with van der Waals surface area (Å²) >= 11 is 0. The normalized spacial score (nSPS) is 24.0. The van der Waals surface area contributed by atoms with Gasteiger partial charge in [0.1, 0.15) is 30.9 Å². The van der Waals surface area contributed by atoms with Gasteiger partial charge in [0.15, 0.2) is 6.29 Å². The molecule has 39 heteroatoms. The van der Waals surface area contributed by atoms with Gasteiger partial charge in [-0.2, -0.15) is 0 Å². The van der Waals surface area contributed by atoms with Crippen LogP contribution >= 0.6 is 0 Å². The van der Waals surface area contributed by atoms with Gasteiger partial charge in [-0.1, -0.05) is 25.5 Å². The van der Waals surface area contributed by atoms with E-state index < -0.39 is 72.6 Å². The maximum Gasteiger partial charge on any atom is 0.335 e. The summed E-state index contributed by atoms with van der Waals surface area (Å²) < 4.78 is 151. The highest BCUT2D eigenvalue weighted by molar-refractivity contribution is 6.14. The largest absolute Gasteiger partial charge is 0.431 e. The molecule has 0 spiro atoms. The molecule has 726 valence electrons. The number of allylic oxidation sites excluding steroid dienone is 1. The lowest BCUT2D eigenvalue weighted by Crippen LogP contribution is -2.65. The van der Waals surface area contributed by atoms with Crippen LogP contribution in [0, 0.1) is 22.7 Å². The minimum absolute atomic E-state index is 0.0285. The van der Waals surface area contributed by atoms with E-state index in [4.69, 9.17) is 128 Å². The fraction of sp³-hybridized carbons (Fsp3) is 0.851. The Bertz CT molecular complexity index is 3070. The quantitative estimate of drug-likeness (QED) is 0.0300. The van der Waals surface area contributed by atoms with Crippen LogP contribution in [-0.4, -0.2) is 428 Å². The summed E-state index contributed by atoms with van der Waals surface area (Å²) in [6, 6.07) is 2.21. The van der Waals surface area contributed by atoms with Gasteiger partial charge in [-0.05, 0) is 86.2 Å². The summed E-state index contributed by atoms with van der Waals surface area (Å²) in [5.41, 5.74) is 0.517. The Balaban J connectivity index is 0.501. The van der Waals surface area contributed by atoms with Gasteiger partial charge < -0.3 is 159 Å². The number of hydrogen-bond acceptors (Lipinski definition) is 36. The average Bonchev–Trinajstić information content (AvgIpc) is 1.47. The lowest BCUT2D eigenvalue weighted by Gasteiger charge is -2.62. The fourth-order valence-electron chi connectivity index (χ4n) is 16.0.